The molecule has 138 valence electrons. The van der Waals surface area contributed by atoms with Gasteiger partial charge in [0.05, 0.1) is 16.4 Å². The smallest absolute Gasteiger partial charge is 0.276 e. The molecule has 6 nitrogen and oxygen atoms in total. The summed E-state index contributed by atoms with van der Waals surface area (Å²) < 4.78 is 14.9. The summed E-state index contributed by atoms with van der Waals surface area (Å²) in [5.41, 5.74) is 1.55. The molecule has 26 heavy (non-hydrogen) atoms. The number of likely N-dealkylation sites (tertiary alicyclic amines) is 1. The predicted octanol–water partition coefficient (Wildman–Crippen LogP) is 2.44. The zero-order chi connectivity index (χ0) is 18.3. The van der Waals surface area contributed by atoms with E-state index >= 15 is 0 Å². The van der Waals surface area contributed by atoms with E-state index in [2.05, 4.69) is 15.6 Å². The van der Waals surface area contributed by atoms with Gasteiger partial charge < -0.3 is 10.2 Å². The number of hydrogen-bond acceptors (Lipinski definition) is 4. The van der Waals surface area contributed by atoms with E-state index in [4.69, 9.17) is 11.6 Å². The summed E-state index contributed by atoms with van der Waals surface area (Å²) in [7, 11) is 0. The van der Waals surface area contributed by atoms with E-state index in [1.165, 1.54) is 16.8 Å². The Bertz CT molecular complexity index is 825. The van der Waals surface area contributed by atoms with E-state index in [0.717, 1.165) is 39.0 Å². The zero-order valence-corrected chi connectivity index (χ0v) is 15.3. The van der Waals surface area contributed by atoms with E-state index < -0.39 is 5.82 Å². The molecule has 4 rings (SSSR count). The fourth-order valence-electron chi connectivity index (χ4n) is 3.96. The van der Waals surface area contributed by atoms with Crippen molar-refractivity contribution in [1.29, 1.82) is 0 Å². The largest absolute Gasteiger partial charge is 0.337 e. The van der Waals surface area contributed by atoms with Crippen molar-refractivity contribution in [3.63, 3.8) is 0 Å². The Balaban J connectivity index is 1.55. The van der Waals surface area contributed by atoms with Crippen molar-refractivity contribution in [3.8, 4) is 5.69 Å². The molecule has 2 aliphatic rings. The number of nitrogens with zero attached hydrogens (tertiary/aromatic N) is 4. The van der Waals surface area contributed by atoms with Gasteiger partial charge in [0, 0.05) is 13.1 Å². The molecule has 0 saturated carbocycles. The third kappa shape index (κ3) is 3.10. The Morgan fingerprint density at radius 2 is 1.96 bits per heavy atom. The second-order valence-corrected chi connectivity index (χ2v) is 7.49. The van der Waals surface area contributed by atoms with Crippen LogP contribution in [0.1, 0.15) is 29.0 Å². The highest BCUT2D eigenvalue weighted by Crippen LogP contribution is 2.28. The van der Waals surface area contributed by atoms with Gasteiger partial charge in [0.2, 0.25) is 0 Å². The molecule has 0 spiro atoms. The average Bonchev–Trinajstić information content (AvgIpc) is 3.18. The van der Waals surface area contributed by atoms with Gasteiger partial charge in [-0.05, 0) is 62.9 Å². The van der Waals surface area contributed by atoms with Crippen LogP contribution in [0.4, 0.5) is 4.39 Å². The molecule has 8 heteroatoms. The van der Waals surface area contributed by atoms with Gasteiger partial charge in [0.1, 0.15) is 5.82 Å². The molecule has 0 aliphatic carbocycles. The Hall–Kier alpha value is -1.99. The summed E-state index contributed by atoms with van der Waals surface area (Å²) in [6.07, 6.45) is 2.04. The summed E-state index contributed by atoms with van der Waals surface area (Å²) in [6.45, 7) is 5.38. The first-order valence-corrected chi connectivity index (χ1v) is 9.30. The summed E-state index contributed by atoms with van der Waals surface area (Å²) in [6, 6.07) is 4.33. The normalized spacial score (nSPS) is 23.0. The van der Waals surface area contributed by atoms with Crippen LogP contribution in [0.15, 0.2) is 18.2 Å². The number of benzene rings is 1. The van der Waals surface area contributed by atoms with Crippen molar-refractivity contribution in [2.45, 2.75) is 19.8 Å². The van der Waals surface area contributed by atoms with Crippen LogP contribution in [0.3, 0.4) is 0 Å². The predicted molar refractivity (Wildman–Crippen MR) is 96.1 cm³/mol. The summed E-state index contributed by atoms with van der Waals surface area (Å²) in [5, 5.41) is 11.6. The minimum absolute atomic E-state index is 0.0120. The fourth-order valence-corrected chi connectivity index (χ4v) is 4.13. The standard InChI is InChI=1S/C18H21ClFN5O/c1-11-17(22-23-25(11)14-2-3-16(20)15(19)8-14)18(26)24-6-4-12-9-21-10-13(12)5-7-24/h2-3,8,12-13,21H,4-7,9-10H2,1H3/t12-,13+. The van der Waals surface area contributed by atoms with Gasteiger partial charge in [-0.1, -0.05) is 16.8 Å². The number of rotatable bonds is 2. The molecular formula is C18H21ClFN5O. The highest BCUT2D eigenvalue weighted by atomic mass is 35.5. The minimum atomic E-state index is -0.492. The molecule has 1 aromatic heterocycles. The van der Waals surface area contributed by atoms with Crippen molar-refractivity contribution in [2.75, 3.05) is 26.2 Å². The maximum atomic E-state index is 13.4. The number of halogens is 2. The van der Waals surface area contributed by atoms with Crippen molar-refractivity contribution >= 4 is 17.5 Å². The van der Waals surface area contributed by atoms with E-state index in [1.54, 1.807) is 13.0 Å². The third-order valence-electron chi connectivity index (χ3n) is 5.55. The van der Waals surface area contributed by atoms with E-state index in [9.17, 15) is 9.18 Å². The van der Waals surface area contributed by atoms with Crippen LogP contribution >= 0.6 is 11.6 Å². The Morgan fingerprint density at radius 3 is 2.62 bits per heavy atom. The SMILES string of the molecule is Cc1c(C(=O)N2CC[C@@H]3CNC[C@@H]3CC2)nnn1-c1ccc(F)c(Cl)c1. The Labute approximate surface area is 156 Å². The first kappa shape index (κ1) is 17.4. The molecule has 2 atom stereocenters. The molecule has 1 aromatic carbocycles. The molecule has 0 bridgehead atoms. The second-order valence-electron chi connectivity index (χ2n) is 7.08. The van der Waals surface area contributed by atoms with Crippen LogP contribution in [-0.4, -0.2) is 52.0 Å². The highest BCUT2D eigenvalue weighted by molar-refractivity contribution is 6.30. The number of aromatic nitrogens is 3. The van der Waals surface area contributed by atoms with Crippen molar-refractivity contribution in [2.24, 2.45) is 11.8 Å². The monoisotopic (exact) mass is 377 g/mol. The molecule has 1 amide bonds. The highest BCUT2D eigenvalue weighted by Gasteiger charge is 2.33. The van der Waals surface area contributed by atoms with Crippen LogP contribution in [-0.2, 0) is 0 Å². The van der Waals surface area contributed by atoms with Gasteiger partial charge in [-0.3, -0.25) is 4.79 Å². The Morgan fingerprint density at radius 1 is 1.27 bits per heavy atom. The van der Waals surface area contributed by atoms with Gasteiger partial charge in [0.15, 0.2) is 5.69 Å². The van der Waals surface area contributed by atoms with Gasteiger partial charge in [-0.15, -0.1) is 5.10 Å². The van der Waals surface area contributed by atoms with Crippen molar-refractivity contribution < 1.29 is 9.18 Å². The van der Waals surface area contributed by atoms with E-state index in [-0.39, 0.29) is 10.9 Å². The molecule has 2 fully saturated rings. The van der Waals surface area contributed by atoms with Crippen molar-refractivity contribution in [1.82, 2.24) is 25.2 Å². The van der Waals surface area contributed by atoms with Gasteiger partial charge in [-0.25, -0.2) is 9.07 Å². The number of hydrogen-bond donors (Lipinski definition) is 1. The topological polar surface area (TPSA) is 63.1 Å². The maximum absolute atomic E-state index is 13.4. The lowest BCUT2D eigenvalue weighted by atomic mass is 9.92. The average molecular weight is 378 g/mol. The second kappa shape index (κ2) is 6.96. The van der Waals surface area contributed by atoms with Crippen LogP contribution in [0.2, 0.25) is 5.02 Å². The first-order chi connectivity index (χ1) is 12.5. The van der Waals surface area contributed by atoms with Gasteiger partial charge >= 0.3 is 0 Å². The molecule has 0 radical (unpaired) electrons. The fraction of sp³-hybridized carbons (Fsp3) is 0.500. The number of fused-ring (bicyclic) bond motifs is 1. The summed E-state index contributed by atoms with van der Waals surface area (Å²) >= 11 is 5.86. The lowest BCUT2D eigenvalue weighted by Gasteiger charge is -2.20. The van der Waals surface area contributed by atoms with E-state index in [0.29, 0.717) is 28.9 Å². The van der Waals surface area contributed by atoms with Gasteiger partial charge in [0.25, 0.3) is 5.91 Å². The lowest BCUT2D eigenvalue weighted by molar-refractivity contribution is 0.0751. The summed E-state index contributed by atoms with van der Waals surface area (Å²) in [4.78, 5) is 14.9. The molecule has 2 aromatic rings. The van der Waals surface area contributed by atoms with Crippen LogP contribution in [0, 0.1) is 24.6 Å². The molecule has 2 aliphatic heterocycles. The number of amides is 1. The molecule has 1 N–H and O–H groups in total. The number of carbonyl (C=O) groups is 1. The molecule has 0 unspecified atom stereocenters. The Kier molecular flexibility index (Phi) is 4.67. The summed E-state index contributed by atoms with van der Waals surface area (Å²) in [5.74, 6) is 0.737. The maximum Gasteiger partial charge on any atom is 0.276 e. The minimum Gasteiger partial charge on any atom is -0.337 e. The van der Waals surface area contributed by atoms with Gasteiger partial charge in [-0.2, -0.15) is 0 Å². The van der Waals surface area contributed by atoms with Crippen LogP contribution in [0.25, 0.3) is 5.69 Å². The van der Waals surface area contributed by atoms with E-state index in [1.807, 2.05) is 4.90 Å². The third-order valence-corrected chi connectivity index (χ3v) is 5.84. The number of nitrogens with one attached hydrogen (secondary N) is 1. The van der Waals surface area contributed by atoms with Crippen LogP contribution in [0.5, 0.6) is 0 Å². The molecule has 3 heterocycles. The quantitative estimate of drug-likeness (QED) is 0.873. The molecular weight excluding hydrogens is 357 g/mol. The van der Waals surface area contributed by atoms with Crippen LogP contribution < -0.4 is 5.32 Å². The lowest BCUT2D eigenvalue weighted by Crippen LogP contribution is -2.33. The zero-order valence-electron chi connectivity index (χ0n) is 14.6. The molecule has 2 saturated heterocycles. The number of carbonyl (C=O) groups excluding carboxylic acids is 1. The first-order valence-electron chi connectivity index (χ1n) is 8.92. The van der Waals surface area contributed by atoms with Crippen molar-refractivity contribution in [3.05, 3.63) is 40.4 Å².